The van der Waals surface area contributed by atoms with Gasteiger partial charge < -0.3 is 4.74 Å². The molecule has 0 aliphatic rings. The molecule has 2 heterocycles. The van der Waals surface area contributed by atoms with Crippen molar-refractivity contribution in [2.75, 3.05) is 0 Å². The molecule has 0 unspecified atom stereocenters. The van der Waals surface area contributed by atoms with Crippen LogP contribution in [0.15, 0.2) is 35.1 Å². The second-order valence-electron chi connectivity index (χ2n) is 4.82. The van der Waals surface area contributed by atoms with Gasteiger partial charge in [-0.3, -0.25) is 0 Å². The van der Waals surface area contributed by atoms with Crippen LogP contribution >= 0.6 is 15.9 Å². The summed E-state index contributed by atoms with van der Waals surface area (Å²) in [5.41, 5.74) is 4.07. The van der Waals surface area contributed by atoms with Crippen LogP contribution in [0.4, 0.5) is 0 Å². The largest absolute Gasteiger partial charge is 0.437 e. The molecule has 3 aromatic rings. The normalized spacial score (nSPS) is 11.0. The molecule has 102 valence electrons. The van der Waals surface area contributed by atoms with Crippen molar-refractivity contribution in [3.63, 3.8) is 0 Å². The van der Waals surface area contributed by atoms with E-state index in [2.05, 4.69) is 26.0 Å². The number of hydrogen-bond donors (Lipinski definition) is 0. The SMILES string of the molecule is Cc1cc2c(Oc3cc(C)c(Br)c(C)c3)nccn2n1. The molecule has 0 aliphatic heterocycles. The van der Waals surface area contributed by atoms with E-state index in [1.165, 1.54) is 0 Å². The molecule has 0 saturated carbocycles. The molecule has 0 spiro atoms. The van der Waals surface area contributed by atoms with Gasteiger partial charge in [0.05, 0.1) is 5.69 Å². The van der Waals surface area contributed by atoms with Gasteiger partial charge in [0.15, 0.2) is 0 Å². The van der Waals surface area contributed by atoms with Crippen molar-refractivity contribution >= 4 is 21.4 Å². The van der Waals surface area contributed by atoms with Gasteiger partial charge in [-0.2, -0.15) is 5.10 Å². The van der Waals surface area contributed by atoms with Gasteiger partial charge in [0.25, 0.3) is 0 Å². The minimum Gasteiger partial charge on any atom is -0.437 e. The molecular formula is C15H14BrN3O. The van der Waals surface area contributed by atoms with Gasteiger partial charge in [-0.05, 0) is 50.1 Å². The molecule has 1 aromatic carbocycles. The molecule has 0 fully saturated rings. The molecule has 5 heteroatoms. The summed E-state index contributed by atoms with van der Waals surface area (Å²) >= 11 is 3.56. The van der Waals surface area contributed by atoms with Crippen LogP contribution in [-0.2, 0) is 0 Å². The summed E-state index contributed by atoms with van der Waals surface area (Å²) in [6.07, 6.45) is 3.50. The number of halogens is 1. The predicted octanol–water partition coefficient (Wildman–Crippen LogP) is 4.21. The summed E-state index contributed by atoms with van der Waals surface area (Å²) in [6, 6.07) is 5.94. The van der Waals surface area contributed by atoms with Crippen molar-refractivity contribution in [1.29, 1.82) is 0 Å². The van der Waals surface area contributed by atoms with Crippen LogP contribution in [0.25, 0.3) is 5.52 Å². The third-order valence-corrected chi connectivity index (χ3v) is 4.35. The summed E-state index contributed by atoms with van der Waals surface area (Å²) in [5.74, 6) is 1.34. The highest BCUT2D eigenvalue weighted by Crippen LogP contribution is 2.30. The van der Waals surface area contributed by atoms with E-state index in [1.807, 2.05) is 45.2 Å². The van der Waals surface area contributed by atoms with E-state index in [9.17, 15) is 0 Å². The fourth-order valence-electron chi connectivity index (χ4n) is 2.18. The van der Waals surface area contributed by atoms with E-state index in [1.54, 1.807) is 10.7 Å². The molecule has 0 radical (unpaired) electrons. The zero-order valence-corrected chi connectivity index (χ0v) is 13.1. The van der Waals surface area contributed by atoms with Gasteiger partial charge in [0, 0.05) is 16.9 Å². The Morgan fingerprint density at radius 3 is 2.50 bits per heavy atom. The standard InChI is InChI=1S/C15H14BrN3O/c1-9-6-12(7-10(2)14(9)16)20-15-13-8-11(3)18-19(13)5-4-17-15/h4-8H,1-3H3. The summed E-state index contributed by atoms with van der Waals surface area (Å²) in [5, 5.41) is 4.35. The molecule has 0 atom stereocenters. The van der Waals surface area contributed by atoms with Crippen molar-refractivity contribution in [2.45, 2.75) is 20.8 Å². The van der Waals surface area contributed by atoms with Crippen LogP contribution in [0.1, 0.15) is 16.8 Å². The average Bonchev–Trinajstić information content (AvgIpc) is 2.77. The third-order valence-electron chi connectivity index (χ3n) is 3.10. The van der Waals surface area contributed by atoms with Gasteiger partial charge in [0.1, 0.15) is 11.3 Å². The van der Waals surface area contributed by atoms with Crippen LogP contribution < -0.4 is 4.74 Å². The first kappa shape index (κ1) is 13.1. The Bertz CT molecular complexity index is 772. The lowest BCUT2D eigenvalue weighted by molar-refractivity contribution is 0.464. The second kappa shape index (κ2) is 4.90. The molecule has 3 rings (SSSR count). The molecule has 0 aliphatic carbocycles. The fraction of sp³-hybridized carbons (Fsp3) is 0.200. The maximum atomic E-state index is 5.93. The molecule has 0 N–H and O–H groups in total. The van der Waals surface area contributed by atoms with Gasteiger partial charge >= 0.3 is 0 Å². The Kier molecular flexibility index (Phi) is 3.22. The number of benzene rings is 1. The Balaban J connectivity index is 2.05. The molecule has 2 aromatic heterocycles. The number of nitrogens with zero attached hydrogens (tertiary/aromatic N) is 3. The number of hydrogen-bond acceptors (Lipinski definition) is 3. The highest BCUT2D eigenvalue weighted by Gasteiger charge is 2.09. The van der Waals surface area contributed by atoms with Crippen molar-refractivity contribution in [3.8, 4) is 11.6 Å². The summed E-state index contributed by atoms with van der Waals surface area (Å²) in [7, 11) is 0. The Hall–Kier alpha value is -1.88. The molecule has 0 bridgehead atoms. The zero-order chi connectivity index (χ0) is 14.3. The van der Waals surface area contributed by atoms with Gasteiger partial charge in [-0.15, -0.1) is 0 Å². The lowest BCUT2D eigenvalue weighted by Crippen LogP contribution is -1.94. The molecule has 0 amide bonds. The molecule has 20 heavy (non-hydrogen) atoms. The van der Waals surface area contributed by atoms with Gasteiger partial charge in [0.2, 0.25) is 5.88 Å². The van der Waals surface area contributed by atoms with E-state index >= 15 is 0 Å². The smallest absolute Gasteiger partial charge is 0.245 e. The van der Waals surface area contributed by atoms with E-state index in [0.29, 0.717) is 5.88 Å². The monoisotopic (exact) mass is 331 g/mol. The van der Waals surface area contributed by atoms with Crippen LogP contribution in [0.3, 0.4) is 0 Å². The maximum Gasteiger partial charge on any atom is 0.245 e. The highest BCUT2D eigenvalue weighted by molar-refractivity contribution is 9.10. The Morgan fingerprint density at radius 2 is 1.80 bits per heavy atom. The first-order valence-corrected chi connectivity index (χ1v) is 7.09. The van der Waals surface area contributed by atoms with Crippen LogP contribution in [-0.4, -0.2) is 14.6 Å². The van der Waals surface area contributed by atoms with Crippen LogP contribution in [0, 0.1) is 20.8 Å². The maximum absolute atomic E-state index is 5.93. The topological polar surface area (TPSA) is 39.4 Å². The quantitative estimate of drug-likeness (QED) is 0.706. The fourth-order valence-corrected chi connectivity index (χ4v) is 2.40. The third kappa shape index (κ3) is 2.29. The summed E-state index contributed by atoms with van der Waals surface area (Å²) in [4.78, 5) is 4.30. The number of rotatable bonds is 2. The van der Waals surface area contributed by atoms with Crippen molar-refractivity contribution in [3.05, 3.63) is 51.9 Å². The van der Waals surface area contributed by atoms with E-state index < -0.39 is 0 Å². The first-order valence-electron chi connectivity index (χ1n) is 6.30. The molecule has 4 nitrogen and oxygen atoms in total. The number of fused-ring (bicyclic) bond motifs is 1. The number of ether oxygens (including phenoxy) is 1. The van der Waals surface area contributed by atoms with E-state index in [-0.39, 0.29) is 0 Å². The zero-order valence-electron chi connectivity index (χ0n) is 11.5. The summed E-state index contributed by atoms with van der Waals surface area (Å²) < 4.78 is 8.81. The minimum atomic E-state index is 0.564. The van der Waals surface area contributed by atoms with Crippen LogP contribution in [0.5, 0.6) is 11.6 Å². The van der Waals surface area contributed by atoms with E-state index in [0.717, 1.165) is 32.6 Å². The predicted molar refractivity (Wildman–Crippen MR) is 81.4 cm³/mol. The van der Waals surface area contributed by atoms with Crippen molar-refractivity contribution < 1.29 is 4.74 Å². The second-order valence-corrected chi connectivity index (χ2v) is 5.61. The molecule has 0 saturated heterocycles. The number of aromatic nitrogens is 3. The van der Waals surface area contributed by atoms with Crippen molar-refractivity contribution in [1.82, 2.24) is 14.6 Å². The van der Waals surface area contributed by atoms with Gasteiger partial charge in [-0.25, -0.2) is 9.50 Å². The average molecular weight is 332 g/mol. The molecular weight excluding hydrogens is 318 g/mol. The Labute approximate surface area is 125 Å². The Morgan fingerprint density at radius 1 is 1.10 bits per heavy atom. The minimum absolute atomic E-state index is 0.564. The van der Waals surface area contributed by atoms with E-state index in [4.69, 9.17) is 4.74 Å². The number of aryl methyl sites for hydroxylation is 3. The van der Waals surface area contributed by atoms with Crippen molar-refractivity contribution in [2.24, 2.45) is 0 Å². The first-order chi connectivity index (χ1) is 9.54. The van der Waals surface area contributed by atoms with Crippen LogP contribution in [0.2, 0.25) is 0 Å². The lowest BCUT2D eigenvalue weighted by atomic mass is 10.1. The highest BCUT2D eigenvalue weighted by atomic mass is 79.9. The lowest BCUT2D eigenvalue weighted by Gasteiger charge is -2.09. The summed E-state index contributed by atoms with van der Waals surface area (Å²) in [6.45, 7) is 6.03. The van der Waals surface area contributed by atoms with Gasteiger partial charge in [-0.1, -0.05) is 15.9 Å².